The monoisotopic (exact) mass is 204 g/mol. The summed E-state index contributed by atoms with van der Waals surface area (Å²) in [4.78, 5) is 20.4. The summed E-state index contributed by atoms with van der Waals surface area (Å²) < 4.78 is 0. The van der Waals surface area contributed by atoms with Crippen LogP contribution in [0.1, 0.15) is 32.1 Å². The first-order chi connectivity index (χ1) is 6.20. The van der Waals surface area contributed by atoms with E-state index in [1.54, 1.807) is 0 Å². The lowest BCUT2D eigenvalue weighted by Gasteiger charge is -1.99. The minimum Gasteiger partial charge on any atom is -0.481 e. The molecule has 0 radical (unpaired) electrons. The molecule has 0 unspecified atom stereocenters. The van der Waals surface area contributed by atoms with Gasteiger partial charge in [-0.25, -0.2) is 4.79 Å². The van der Waals surface area contributed by atoms with Gasteiger partial charge in [0.05, 0.1) is 0 Å². The van der Waals surface area contributed by atoms with Crippen LogP contribution >= 0.6 is 11.6 Å². The Morgan fingerprint density at radius 2 is 1.85 bits per heavy atom. The summed E-state index contributed by atoms with van der Waals surface area (Å²) >= 11 is 5.44. The number of hydrogen-bond acceptors (Lipinski definition) is 2. The molecule has 74 valence electrons. The molecule has 0 aliphatic heterocycles. The molecule has 3 nitrogen and oxygen atoms in total. The van der Waals surface area contributed by atoms with Crippen LogP contribution in [0.4, 0.5) is 0 Å². The van der Waals surface area contributed by atoms with Crippen molar-refractivity contribution in [3.8, 4) is 0 Å². The fraction of sp³-hybridized carbons (Fsp3) is 0.667. The van der Waals surface area contributed by atoms with Crippen molar-refractivity contribution in [1.29, 1.82) is 0 Å². The Balaban J connectivity index is 3.50. The van der Waals surface area contributed by atoms with Gasteiger partial charge in [-0.1, -0.05) is 0 Å². The molecule has 0 rings (SSSR count). The predicted molar refractivity (Wildman–Crippen MR) is 50.6 cm³/mol. The standard InChI is InChI=1S/C9H13ClO3/c10-6-5-8(7-11)3-1-2-4-9(12)13/h1-6H2,(H,12,13). The van der Waals surface area contributed by atoms with Crippen molar-refractivity contribution < 1.29 is 14.7 Å². The van der Waals surface area contributed by atoms with E-state index in [-0.39, 0.29) is 6.42 Å². The normalized spacial score (nSPS) is 9.31. The molecule has 0 aromatic carbocycles. The number of carboxylic acids is 1. The zero-order valence-corrected chi connectivity index (χ0v) is 8.14. The van der Waals surface area contributed by atoms with Gasteiger partial charge in [0.1, 0.15) is 5.94 Å². The molecular weight excluding hydrogens is 192 g/mol. The number of carbonyl (C=O) groups excluding carboxylic acids is 1. The van der Waals surface area contributed by atoms with Crippen molar-refractivity contribution in [2.75, 3.05) is 5.88 Å². The van der Waals surface area contributed by atoms with Crippen LogP contribution < -0.4 is 0 Å². The third kappa shape index (κ3) is 7.57. The van der Waals surface area contributed by atoms with Crippen LogP contribution in [0.3, 0.4) is 0 Å². The van der Waals surface area contributed by atoms with Crippen LogP contribution in [-0.2, 0) is 9.59 Å². The van der Waals surface area contributed by atoms with Crippen LogP contribution in [0, 0.1) is 0 Å². The summed E-state index contributed by atoms with van der Waals surface area (Å²) in [5.41, 5.74) is 0.653. The molecule has 0 fully saturated rings. The lowest BCUT2D eigenvalue weighted by molar-refractivity contribution is -0.137. The van der Waals surface area contributed by atoms with E-state index in [2.05, 4.69) is 0 Å². The summed E-state index contributed by atoms with van der Waals surface area (Å²) in [5, 5.41) is 8.33. The van der Waals surface area contributed by atoms with Crippen LogP contribution in [-0.4, -0.2) is 22.9 Å². The van der Waals surface area contributed by atoms with E-state index < -0.39 is 5.97 Å². The number of alkyl halides is 1. The summed E-state index contributed by atoms with van der Waals surface area (Å²) in [6.45, 7) is 0. The van der Waals surface area contributed by atoms with Gasteiger partial charge >= 0.3 is 5.97 Å². The van der Waals surface area contributed by atoms with Gasteiger partial charge in [-0.2, -0.15) is 0 Å². The molecule has 0 aromatic rings. The predicted octanol–water partition coefficient (Wildman–Crippen LogP) is 2.02. The molecule has 13 heavy (non-hydrogen) atoms. The SMILES string of the molecule is O=C=C(CCCl)CCCCC(=O)O. The minimum atomic E-state index is -0.797. The minimum absolute atomic E-state index is 0.160. The van der Waals surface area contributed by atoms with E-state index in [4.69, 9.17) is 16.7 Å². The van der Waals surface area contributed by atoms with E-state index in [9.17, 15) is 9.59 Å². The summed E-state index contributed by atoms with van der Waals surface area (Å²) in [6, 6.07) is 0. The maximum absolute atomic E-state index is 10.3. The third-order valence-electron chi connectivity index (χ3n) is 1.66. The maximum Gasteiger partial charge on any atom is 0.303 e. The first kappa shape index (κ1) is 12.2. The summed E-state index contributed by atoms with van der Waals surface area (Å²) in [6.07, 6.45) is 2.64. The lowest BCUT2D eigenvalue weighted by Crippen LogP contribution is -1.94. The van der Waals surface area contributed by atoms with Gasteiger partial charge in [-0.3, -0.25) is 4.79 Å². The smallest absolute Gasteiger partial charge is 0.303 e. The highest BCUT2D eigenvalue weighted by Gasteiger charge is 2.00. The Labute approximate surface area is 82.4 Å². The number of carbonyl (C=O) groups is 1. The Kier molecular flexibility index (Phi) is 7.36. The lowest BCUT2D eigenvalue weighted by atomic mass is 10.1. The highest BCUT2D eigenvalue weighted by atomic mass is 35.5. The number of carboxylic acid groups (broad SMARTS) is 1. The third-order valence-corrected chi connectivity index (χ3v) is 1.85. The molecule has 0 heterocycles. The van der Waals surface area contributed by atoms with Crippen LogP contribution in [0.2, 0.25) is 0 Å². The molecule has 0 bridgehead atoms. The second-order valence-corrected chi connectivity index (χ2v) is 3.12. The molecule has 0 saturated heterocycles. The number of halogens is 1. The Hall–Kier alpha value is -0.790. The summed E-state index contributed by atoms with van der Waals surface area (Å²) in [7, 11) is 0. The topological polar surface area (TPSA) is 54.4 Å². The van der Waals surface area contributed by atoms with Crippen LogP contribution in [0.5, 0.6) is 0 Å². The molecule has 0 aliphatic carbocycles. The van der Waals surface area contributed by atoms with Crippen LogP contribution in [0.15, 0.2) is 5.57 Å². The zero-order chi connectivity index (χ0) is 10.1. The van der Waals surface area contributed by atoms with Crippen molar-refractivity contribution >= 4 is 23.5 Å². The molecule has 0 saturated carbocycles. The van der Waals surface area contributed by atoms with E-state index in [0.717, 1.165) is 0 Å². The Morgan fingerprint density at radius 1 is 1.23 bits per heavy atom. The van der Waals surface area contributed by atoms with E-state index >= 15 is 0 Å². The molecule has 0 amide bonds. The molecule has 1 N–H and O–H groups in total. The second kappa shape index (κ2) is 7.84. The Bertz CT molecular complexity index is 207. The quantitative estimate of drug-likeness (QED) is 0.392. The van der Waals surface area contributed by atoms with E-state index in [1.165, 1.54) is 0 Å². The number of unbranched alkanes of at least 4 members (excludes halogenated alkanes) is 1. The fourth-order valence-electron chi connectivity index (χ4n) is 0.956. The Morgan fingerprint density at radius 3 is 2.31 bits per heavy atom. The first-order valence-electron chi connectivity index (χ1n) is 4.21. The molecule has 4 heteroatoms. The molecule has 0 aliphatic rings. The van der Waals surface area contributed by atoms with Crippen molar-refractivity contribution in [3.05, 3.63) is 5.57 Å². The second-order valence-electron chi connectivity index (χ2n) is 2.75. The van der Waals surface area contributed by atoms with Gasteiger partial charge in [0.2, 0.25) is 0 Å². The zero-order valence-electron chi connectivity index (χ0n) is 7.38. The number of hydrogen-bond donors (Lipinski definition) is 1. The highest BCUT2D eigenvalue weighted by molar-refractivity contribution is 6.18. The average Bonchev–Trinajstić information content (AvgIpc) is 2.10. The average molecular weight is 205 g/mol. The number of rotatable bonds is 7. The van der Waals surface area contributed by atoms with Gasteiger partial charge in [-0.15, -0.1) is 11.6 Å². The maximum atomic E-state index is 10.3. The van der Waals surface area contributed by atoms with Gasteiger partial charge in [0.15, 0.2) is 0 Å². The van der Waals surface area contributed by atoms with E-state index in [1.807, 2.05) is 5.94 Å². The van der Waals surface area contributed by atoms with Crippen LogP contribution in [0.25, 0.3) is 0 Å². The number of allylic oxidation sites excluding steroid dienone is 1. The van der Waals surface area contributed by atoms with Crippen molar-refractivity contribution in [1.82, 2.24) is 0 Å². The largest absolute Gasteiger partial charge is 0.481 e. The van der Waals surface area contributed by atoms with Gasteiger partial charge in [0, 0.05) is 17.9 Å². The number of aliphatic carboxylic acids is 1. The highest BCUT2D eigenvalue weighted by Crippen LogP contribution is 2.10. The van der Waals surface area contributed by atoms with Crippen molar-refractivity contribution in [3.63, 3.8) is 0 Å². The molecule has 0 spiro atoms. The molecular formula is C9H13ClO3. The van der Waals surface area contributed by atoms with Gasteiger partial charge in [-0.05, 0) is 25.7 Å². The fourth-order valence-corrected chi connectivity index (χ4v) is 1.18. The molecule has 0 atom stereocenters. The van der Waals surface area contributed by atoms with Crippen molar-refractivity contribution in [2.45, 2.75) is 32.1 Å². The van der Waals surface area contributed by atoms with Gasteiger partial charge in [0.25, 0.3) is 0 Å². The first-order valence-corrected chi connectivity index (χ1v) is 4.74. The summed E-state index contributed by atoms with van der Waals surface area (Å²) in [5.74, 6) is 1.45. The van der Waals surface area contributed by atoms with Crippen molar-refractivity contribution in [2.24, 2.45) is 0 Å². The molecule has 0 aromatic heterocycles. The van der Waals surface area contributed by atoms with Gasteiger partial charge < -0.3 is 5.11 Å². The van der Waals surface area contributed by atoms with E-state index in [0.29, 0.717) is 37.1 Å².